The van der Waals surface area contributed by atoms with Crippen molar-refractivity contribution < 1.29 is 9.59 Å². The molecular weight excluding hydrogens is 156 g/mol. The van der Waals surface area contributed by atoms with Gasteiger partial charge in [0.1, 0.15) is 6.04 Å². The Bertz CT molecular complexity index is 190. The predicted octanol–water partition coefficient (Wildman–Crippen LogP) is -1.05. The molecule has 5 heteroatoms. The third kappa shape index (κ3) is 1.82. The Hall–Kier alpha value is -0.870. The minimum Gasteiger partial charge on any atom is -0.317 e. The van der Waals surface area contributed by atoms with Crippen molar-refractivity contribution in [3.63, 3.8) is 0 Å². The van der Waals surface area contributed by atoms with Gasteiger partial charge in [0.05, 0.1) is 0 Å². The van der Waals surface area contributed by atoms with Crippen molar-refractivity contribution in [1.29, 1.82) is 0 Å². The van der Waals surface area contributed by atoms with Crippen LogP contribution in [0.2, 0.25) is 0 Å². The zero-order chi connectivity index (χ0) is 6.85. The Morgan fingerprint density at radius 1 is 1.50 bits per heavy atom. The van der Waals surface area contributed by atoms with Gasteiger partial charge in [0.25, 0.3) is 0 Å². The smallest absolute Gasteiger partial charge is 0.250 e. The van der Waals surface area contributed by atoms with E-state index in [-0.39, 0.29) is 12.4 Å². The van der Waals surface area contributed by atoms with E-state index in [4.69, 9.17) is 5.73 Å². The minimum absolute atomic E-state index is 0. The molecule has 0 saturated heterocycles. The fourth-order valence-electron chi connectivity index (χ4n) is 0.525. The minimum atomic E-state index is -0.664. The summed E-state index contributed by atoms with van der Waals surface area (Å²) in [5, 5.41) is 2.04. The molecule has 0 aliphatic carbocycles. The van der Waals surface area contributed by atoms with Crippen LogP contribution >= 0.6 is 12.4 Å². The average molecular weight is 163 g/mol. The summed E-state index contributed by atoms with van der Waals surface area (Å²) in [6.45, 7) is 0. The summed E-state index contributed by atoms with van der Waals surface area (Å²) >= 11 is 0. The molecule has 0 fully saturated rings. The van der Waals surface area contributed by atoms with Crippen molar-refractivity contribution in [3.8, 4) is 0 Å². The maximum atomic E-state index is 10.5. The van der Waals surface area contributed by atoms with Crippen LogP contribution in [0, 0.1) is 0 Å². The lowest BCUT2D eigenvalue weighted by atomic mass is 10.2. The first-order valence-corrected chi connectivity index (χ1v) is 2.49. The molecule has 0 saturated carbocycles. The number of hydrogen-bond donors (Lipinski definition) is 2. The third-order valence-electron chi connectivity index (χ3n) is 1.00. The standard InChI is InChI=1S/C5H6N2O2.ClH/c6-3-1-2-4(8)7-5(3)9;/h1-3H,6H2,(H,7,8,9);1H. The molecule has 0 bridgehead atoms. The fourth-order valence-corrected chi connectivity index (χ4v) is 0.525. The normalized spacial score (nSPS) is 23.5. The molecule has 1 atom stereocenters. The number of hydrogen-bond acceptors (Lipinski definition) is 3. The average Bonchev–Trinajstić information content (AvgIpc) is 1.80. The van der Waals surface area contributed by atoms with Crippen molar-refractivity contribution in [1.82, 2.24) is 5.32 Å². The van der Waals surface area contributed by atoms with Gasteiger partial charge in [0.2, 0.25) is 11.8 Å². The van der Waals surface area contributed by atoms with Gasteiger partial charge in [-0.05, 0) is 0 Å². The van der Waals surface area contributed by atoms with Crippen LogP contribution in [0.5, 0.6) is 0 Å². The summed E-state index contributed by atoms with van der Waals surface area (Å²) in [5.74, 6) is -0.843. The van der Waals surface area contributed by atoms with Crippen molar-refractivity contribution in [2.24, 2.45) is 5.73 Å². The molecule has 1 aliphatic heterocycles. The van der Waals surface area contributed by atoms with Crippen LogP contribution in [-0.2, 0) is 9.59 Å². The number of amides is 2. The van der Waals surface area contributed by atoms with Gasteiger partial charge in [-0.1, -0.05) is 6.08 Å². The number of rotatable bonds is 0. The Labute approximate surface area is 63.9 Å². The summed E-state index contributed by atoms with van der Waals surface area (Å²) in [6, 6.07) is -0.664. The highest BCUT2D eigenvalue weighted by atomic mass is 35.5. The highest BCUT2D eigenvalue weighted by Crippen LogP contribution is 1.89. The first-order chi connectivity index (χ1) is 4.20. The monoisotopic (exact) mass is 162 g/mol. The van der Waals surface area contributed by atoms with Crippen LogP contribution in [-0.4, -0.2) is 17.9 Å². The molecule has 0 radical (unpaired) electrons. The first kappa shape index (κ1) is 9.13. The fraction of sp³-hybridized carbons (Fsp3) is 0.200. The zero-order valence-electron chi connectivity index (χ0n) is 5.03. The lowest BCUT2D eigenvalue weighted by molar-refractivity contribution is -0.129. The second-order valence-corrected chi connectivity index (χ2v) is 1.74. The van der Waals surface area contributed by atoms with Gasteiger partial charge in [-0.25, -0.2) is 0 Å². The summed E-state index contributed by atoms with van der Waals surface area (Å²) in [7, 11) is 0. The van der Waals surface area contributed by atoms with E-state index in [0.29, 0.717) is 0 Å². The molecule has 0 spiro atoms. The summed E-state index contributed by atoms with van der Waals surface area (Å²) < 4.78 is 0. The molecule has 1 heterocycles. The van der Waals surface area contributed by atoms with Crippen molar-refractivity contribution in [2.45, 2.75) is 6.04 Å². The van der Waals surface area contributed by atoms with Crippen LogP contribution in [0.25, 0.3) is 0 Å². The Balaban J connectivity index is 0.000000810. The quantitative estimate of drug-likeness (QED) is 0.447. The van der Waals surface area contributed by atoms with Crippen molar-refractivity contribution in [3.05, 3.63) is 12.2 Å². The van der Waals surface area contributed by atoms with E-state index in [2.05, 4.69) is 0 Å². The third-order valence-corrected chi connectivity index (χ3v) is 1.00. The van der Waals surface area contributed by atoms with Gasteiger partial charge >= 0.3 is 0 Å². The molecule has 1 unspecified atom stereocenters. The second-order valence-electron chi connectivity index (χ2n) is 1.74. The highest BCUT2D eigenvalue weighted by Gasteiger charge is 2.16. The number of nitrogens with one attached hydrogen (secondary N) is 1. The largest absolute Gasteiger partial charge is 0.317 e. The van der Waals surface area contributed by atoms with Crippen LogP contribution in [0.3, 0.4) is 0 Å². The lowest BCUT2D eigenvalue weighted by Crippen LogP contribution is -2.44. The van der Waals surface area contributed by atoms with Crippen LogP contribution < -0.4 is 11.1 Å². The zero-order valence-corrected chi connectivity index (χ0v) is 5.85. The Morgan fingerprint density at radius 3 is 2.50 bits per heavy atom. The summed E-state index contributed by atoms with van der Waals surface area (Å²) in [4.78, 5) is 20.8. The molecule has 1 aliphatic rings. The van der Waals surface area contributed by atoms with Gasteiger partial charge in [0, 0.05) is 6.08 Å². The van der Waals surface area contributed by atoms with E-state index in [1.165, 1.54) is 12.2 Å². The molecule has 4 nitrogen and oxygen atoms in total. The summed E-state index contributed by atoms with van der Waals surface area (Å²) in [5.41, 5.74) is 5.19. The molecule has 10 heavy (non-hydrogen) atoms. The van der Waals surface area contributed by atoms with E-state index in [1.807, 2.05) is 5.32 Å². The van der Waals surface area contributed by atoms with Crippen molar-refractivity contribution in [2.75, 3.05) is 0 Å². The van der Waals surface area contributed by atoms with E-state index >= 15 is 0 Å². The number of halogens is 1. The maximum Gasteiger partial charge on any atom is 0.250 e. The van der Waals surface area contributed by atoms with Gasteiger partial charge in [-0.2, -0.15) is 0 Å². The van der Waals surface area contributed by atoms with E-state index in [0.717, 1.165) is 0 Å². The number of carbonyl (C=O) groups excluding carboxylic acids is 2. The van der Waals surface area contributed by atoms with Crippen molar-refractivity contribution >= 4 is 24.2 Å². The molecular formula is C5H7ClN2O2. The molecule has 56 valence electrons. The first-order valence-electron chi connectivity index (χ1n) is 2.49. The molecule has 0 aromatic carbocycles. The topological polar surface area (TPSA) is 72.2 Å². The Kier molecular flexibility index (Phi) is 3.05. The van der Waals surface area contributed by atoms with E-state index < -0.39 is 17.9 Å². The maximum absolute atomic E-state index is 10.5. The van der Waals surface area contributed by atoms with E-state index in [9.17, 15) is 9.59 Å². The van der Waals surface area contributed by atoms with Gasteiger partial charge in [-0.15, -0.1) is 12.4 Å². The Morgan fingerprint density at radius 2 is 2.10 bits per heavy atom. The molecule has 3 N–H and O–H groups in total. The van der Waals surface area contributed by atoms with Crippen LogP contribution in [0.1, 0.15) is 0 Å². The summed E-state index contributed by atoms with van der Waals surface area (Å²) in [6.07, 6.45) is 2.60. The highest BCUT2D eigenvalue weighted by molar-refractivity contribution is 6.06. The van der Waals surface area contributed by atoms with Crippen LogP contribution in [0.4, 0.5) is 0 Å². The van der Waals surface area contributed by atoms with E-state index in [1.54, 1.807) is 0 Å². The molecule has 1 rings (SSSR count). The predicted molar refractivity (Wildman–Crippen MR) is 37.5 cm³/mol. The lowest BCUT2D eigenvalue weighted by Gasteiger charge is -2.09. The number of nitrogens with two attached hydrogens (primary N) is 1. The van der Waals surface area contributed by atoms with Gasteiger partial charge < -0.3 is 5.73 Å². The van der Waals surface area contributed by atoms with Gasteiger partial charge in [-0.3, -0.25) is 14.9 Å². The molecule has 2 amide bonds. The second kappa shape index (κ2) is 3.34. The number of imide groups is 1. The van der Waals surface area contributed by atoms with Crippen LogP contribution in [0.15, 0.2) is 12.2 Å². The number of carbonyl (C=O) groups is 2. The van der Waals surface area contributed by atoms with Gasteiger partial charge in [0.15, 0.2) is 0 Å². The molecule has 0 aromatic heterocycles. The SMILES string of the molecule is Cl.NC1C=CC(=O)NC1=O. The molecule has 0 aromatic rings.